The predicted molar refractivity (Wildman–Crippen MR) is 225 cm³/mol. The molecule has 1 atom stereocenters. The molecule has 2 heterocycles. The Hall–Kier alpha value is -3.53. The van der Waals surface area contributed by atoms with Gasteiger partial charge < -0.3 is 8.83 Å². The van der Waals surface area contributed by atoms with Gasteiger partial charge in [0, 0.05) is 11.3 Å². The first-order chi connectivity index (χ1) is 25.4. The molecule has 0 bridgehead atoms. The molecule has 0 N–H and O–H groups in total. The van der Waals surface area contributed by atoms with Gasteiger partial charge in [0.25, 0.3) is 0 Å². The molecule has 1 aliphatic carbocycles. The average molecular weight is 831 g/mol. The zero-order valence-corrected chi connectivity index (χ0v) is 36.6. The second-order valence-corrected chi connectivity index (χ2v) is 21.6. The van der Waals surface area contributed by atoms with E-state index < -0.39 is 29.6 Å². The number of fused-ring (bicyclic) bond motifs is 2. The molecular formula is C47H44Cl2O2SiZr-. The third kappa shape index (κ3) is 7.09. The Labute approximate surface area is 334 Å². The van der Waals surface area contributed by atoms with Gasteiger partial charge in [-0.2, -0.15) is 0 Å². The Morgan fingerprint density at radius 2 is 1.36 bits per heavy atom. The van der Waals surface area contributed by atoms with Crippen LogP contribution >= 0.6 is 17.0 Å². The number of halogens is 2. The topological polar surface area (TPSA) is 26.3 Å². The Morgan fingerprint density at radius 1 is 0.736 bits per heavy atom. The molecule has 0 saturated heterocycles. The standard InChI is InChI=1S/C47H44O2Si.2ClH.Zr/c1-28-19-21-34-35(42(28)31-15-11-9-12-16-31)27-37(38-22-20-29(2)48-38)45(34)46-36(39-23-24-41(49-39)47(4,5)6)25-33-26-40(50(7)8)30(3)43(44(33)46)32-17-13-10-14-18-32;;;/h9-27,45H,1-8H3;2*1H;/q-1;;;+2/p-2. The minimum atomic E-state index is -0.826. The third-order valence-corrected chi connectivity index (χ3v) is 12.1. The predicted octanol–water partition coefficient (Wildman–Crippen LogP) is 14.0. The van der Waals surface area contributed by atoms with E-state index in [0.717, 1.165) is 28.6 Å². The normalized spacial score (nSPS) is 13.9. The van der Waals surface area contributed by atoms with Crippen molar-refractivity contribution < 1.29 is 29.7 Å². The summed E-state index contributed by atoms with van der Waals surface area (Å²) in [5, 5.41) is 4.05. The number of benzene rings is 4. The second kappa shape index (κ2) is 15.3. The molecule has 1 unspecified atom stereocenters. The Morgan fingerprint density at radius 3 is 1.92 bits per heavy atom. The quantitative estimate of drug-likeness (QED) is 0.123. The first-order valence-electron chi connectivity index (χ1n) is 18.1. The summed E-state index contributed by atoms with van der Waals surface area (Å²) in [6, 6.07) is 40.0. The zero-order chi connectivity index (χ0) is 37.6. The van der Waals surface area contributed by atoms with Crippen molar-refractivity contribution in [1.82, 2.24) is 0 Å². The summed E-state index contributed by atoms with van der Waals surface area (Å²) < 4.78 is 13.3. The molecule has 0 amide bonds. The van der Waals surface area contributed by atoms with E-state index in [4.69, 9.17) is 25.9 Å². The van der Waals surface area contributed by atoms with Crippen molar-refractivity contribution in [2.75, 3.05) is 0 Å². The molecule has 53 heavy (non-hydrogen) atoms. The molecule has 0 aliphatic heterocycles. The van der Waals surface area contributed by atoms with E-state index in [1.165, 1.54) is 71.6 Å². The number of aryl methyl sites for hydroxylation is 2. The second-order valence-electron chi connectivity index (χ2n) is 15.3. The van der Waals surface area contributed by atoms with Crippen LogP contribution in [-0.4, -0.2) is 8.80 Å². The van der Waals surface area contributed by atoms with Crippen LogP contribution in [0.5, 0.6) is 0 Å². The van der Waals surface area contributed by atoms with Crippen molar-refractivity contribution in [3.8, 4) is 33.6 Å². The van der Waals surface area contributed by atoms with Crippen LogP contribution in [0.3, 0.4) is 0 Å². The molecular weight excluding hydrogens is 787 g/mol. The van der Waals surface area contributed by atoms with Crippen LogP contribution < -0.4 is 5.19 Å². The molecule has 0 saturated carbocycles. The SMILES string of the molecule is Cc1ccc(C2=Cc3c(ccc(C)c3-c3ccccc3)C2c2c(-c3ccc(C(C)(C)C)o3)[cH-]c3cc([Si](C)C)c(C)c(-c4ccccc4)c23)o1.[Cl][Zr][Cl]. The zero-order valence-electron chi connectivity index (χ0n) is 31.6. The van der Waals surface area contributed by atoms with Crippen LogP contribution in [0.2, 0.25) is 13.1 Å². The maximum absolute atomic E-state index is 6.83. The van der Waals surface area contributed by atoms with Gasteiger partial charge in [-0.25, -0.2) is 0 Å². The van der Waals surface area contributed by atoms with Gasteiger partial charge in [0.2, 0.25) is 0 Å². The van der Waals surface area contributed by atoms with Crippen LogP contribution in [0.1, 0.15) is 71.8 Å². The number of hydrogen-bond donors (Lipinski definition) is 0. The van der Waals surface area contributed by atoms with Gasteiger partial charge in [-0.1, -0.05) is 123 Å². The minimum absolute atomic E-state index is 0.0740. The average Bonchev–Trinajstić information content (AvgIpc) is 3.93. The van der Waals surface area contributed by atoms with Gasteiger partial charge >= 0.3 is 37.9 Å². The number of rotatable bonds is 6. The first kappa shape index (κ1) is 37.8. The molecule has 0 spiro atoms. The number of hydrogen-bond acceptors (Lipinski definition) is 2. The Kier molecular flexibility index (Phi) is 10.9. The van der Waals surface area contributed by atoms with Gasteiger partial charge in [-0.05, 0) is 95.6 Å². The van der Waals surface area contributed by atoms with Gasteiger partial charge in [0.05, 0.1) is 20.3 Å². The number of allylic oxidation sites excluding steroid dienone is 1. The van der Waals surface area contributed by atoms with E-state index in [1.807, 2.05) is 6.92 Å². The molecule has 2 nitrogen and oxygen atoms in total. The molecule has 5 aromatic carbocycles. The van der Waals surface area contributed by atoms with Gasteiger partial charge in [-0.3, -0.25) is 0 Å². The Balaban J connectivity index is 0.00000140. The van der Waals surface area contributed by atoms with E-state index in [1.54, 1.807) is 0 Å². The molecule has 267 valence electrons. The maximum atomic E-state index is 6.83. The summed E-state index contributed by atoms with van der Waals surface area (Å²) in [6.07, 6.45) is 2.40. The van der Waals surface area contributed by atoms with Crippen molar-refractivity contribution in [3.63, 3.8) is 0 Å². The number of furan rings is 2. The summed E-state index contributed by atoms with van der Waals surface area (Å²) in [6.45, 7) is 18.1. The van der Waals surface area contributed by atoms with Crippen molar-refractivity contribution >= 4 is 53.4 Å². The van der Waals surface area contributed by atoms with Crippen LogP contribution in [-0.2, 0) is 26.3 Å². The van der Waals surface area contributed by atoms with E-state index in [-0.39, 0.29) is 11.3 Å². The van der Waals surface area contributed by atoms with Crippen molar-refractivity contribution in [2.24, 2.45) is 0 Å². The molecule has 6 heteroatoms. The van der Waals surface area contributed by atoms with Crippen LogP contribution in [0, 0.1) is 20.8 Å². The molecule has 2 aromatic heterocycles. The monoisotopic (exact) mass is 828 g/mol. The fraction of sp³-hybridized carbons (Fsp3) is 0.213. The summed E-state index contributed by atoms with van der Waals surface area (Å²) in [7, 11) is 9.12. The molecule has 0 fully saturated rings. The Bertz CT molecular complexity index is 2440. The summed E-state index contributed by atoms with van der Waals surface area (Å²) in [5.41, 5.74) is 13.8. The van der Waals surface area contributed by atoms with Crippen molar-refractivity contribution in [3.05, 3.63) is 154 Å². The van der Waals surface area contributed by atoms with Crippen LogP contribution in [0.15, 0.2) is 118 Å². The van der Waals surface area contributed by atoms with E-state index in [9.17, 15) is 0 Å². The van der Waals surface area contributed by atoms with Gasteiger partial charge in [0.15, 0.2) is 0 Å². The molecule has 1 aliphatic rings. The van der Waals surface area contributed by atoms with Crippen molar-refractivity contribution in [1.29, 1.82) is 0 Å². The van der Waals surface area contributed by atoms with Gasteiger partial charge in [-0.15, -0.1) is 28.5 Å². The van der Waals surface area contributed by atoms with Crippen LogP contribution in [0.25, 0.3) is 56.0 Å². The van der Waals surface area contributed by atoms with Crippen LogP contribution in [0.4, 0.5) is 0 Å². The summed E-state index contributed by atoms with van der Waals surface area (Å²) in [4.78, 5) is 0. The summed E-state index contributed by atoms with van der Waals surface area (Å²) >= 11 is -0.826. The molecule has 8 rings (SSSR count). The third-order valence-electron chi connectivity index (χ3n) is 10.5. The fourth-order valence-electron chi connectivity index (χ4n) is 8.11. The van der Waals surface area contributed by atoms with Crippen molar-refractivity contribution in [2.45, 2.75) is 66.0 Å². The molecule has 1 radical (unpaired) electrons. The fourth-order valence-corrected chi connectivity index (χ4v) is 9.43. The van der Waals surface area contributed by atoms with E-state index >= 15 is 0 Å². The van der Waals surface area contributed by atoms with Gasteiger partial charge in [0.1, 0.15) is 11.5 Å². The molecule has 7 aromatic rings. The van der Waals surface area contributed by atoms with E-state index in [2.05, 4.69) is 163 Å². The van der Waals surface area contributed by atoms with E-state index in [0.29, 0.717) is 0 Å². The first-order valence-corrected chi connectivity index (χ1v) is 26.9. The summed E-state index contributed by atoms with van der Waals surface area (Å²) in [5.74, 6) is 3.65.